The number of benzene rings is 1. The number of amides is 2. The maximum atomic E-state index is 12.2. The summed E-state index contributed by atoms with van der Waals surface area (Å²) >= 11 is 0. The van der Waals surface area contributed by atoms with Crippen LogP contribution in [-0.2, 0) is 14.3 Å². The lowest BCUT2D eigenvalue weighted by Gasteiger charge is -2.13. The van der Waals surface area contributed by atoms with E-state index in [-0.39, 0.29) is 11.4 Å². The fraction of sp³-hybridized carbons (Fsp3) is 0.333. The molecule has 0 fully saturated rings. The Morgan fingerprint density at radius 1 is 1.11 bits per heavy atom. The zero-order valence-corrected chi connectivity index (χ0v) is 15.9. The Kier molecular flexibility index (Phi) is 6.96. The average Bonchev–Trinajstić information content (AvgIpc) is 3.09. The minimum absolute atomic E-state index is 0.214. The fourth-order valence-corrected chi connectivity index (χ4v) is 2.14. The van der Waals surface area contributed by atoms with E-state index in [4.69, 9.17) is 18.7 Å². The molecule has 1 atom stereocenters. The predicted molar refractivity (Wildman–Crippen MR) is 97.3 cm³/mol. The lowest BCUT2D eigenvalue weighted by molar-refractivity contribution is -0.152. The van der Waals surface area contributed by atoms with Crippen molar-refractivity contribution in [1.29, 1.82) is 0 Å². The Morgan fingerprint density at radius 2 is 1.75 bits per heavy atom. The van der Waals surface area contributed by atoms with Crippen LogP contribution in [0.25, 0.3) is 0 Å². The number of nitrogens with zero attached hydrogens (tertiary/aromatic N) is 1. The van der Waals surface area contributed by atoms with Crippen molar-refractivity contribution in [3.05, 3.63) is 35.6 Å². The molecule has 0 spiro atoms. The Morgan fingerprint density at radius 3 is 2.29 bits per heavy atom. The maximum Gasteiger partial charge on any atom is 0.326 e. The fourth-order valence-electron chi connectivity index (χ4n) is 2.14. The number of rotatable bonds is 8. The smallest absolute Gasteiger partial charge is 0.326 e. The van der Waals surface area contributed by atoms with Crippen LogP contribution in [-0.4, -0.2) is 49.8 Å². The van der Waals surface area contributed by atoms with Gasteiger partial charge in [-0.1, -0.05) is 5.16 Å². The second-order valence-electron chi connectivity index (χ2n) is 5.73. The van der Waals surface area contributed by atoms with Gasteiger partial charge in [0.1, 0.15) is 23.8 Å². The van der Waals surface area contributed by atoms with Crippen molar-refractivity contribution in [1.82, 2.24) is 10.5 Å². The summed E-state index contributed by atoms with van der Waals surface area (Å²) in [6.45, 7) is 2.65. The first-order chi connectivity index (χ1) is 13.3. The molecule has 0 saturated heterocycles. The van der Waals surface area contributed by atoms with Crippen molar-refractivity contribution in [2.24, 2.45) is 0 Å². The Balaban J connectivity index is 1.85. The number of methoxy groups -OCH3 is 2. The van der Waals surface area contributed by atoms with Crippen LogP contribution in [0.1, 0.15) is 23.0 Å². The molecule has 0 aliphatic carbocycles. The molecular formula is C18H21N3O7. The molecule has 150 valence electrons. The molecule has 1 heterocycles. The van der Waals surface area contributed by atoms with E-state index in [2.05, 4.69) is 15.8 Å². The van der Waals surface area contributed by atoms with Crippen LogP contribution in [0.5, 0.6) is 11.5 Å². The molecule has 10 nitrogen and oxygen atoms in total. The zero-order valence-electron chi connectivity index (χ0n) is 15.9. The molecule has 2 aromatic rings. The number of carbonyl (C=O) groups is 3. The third-order valence-electron chi connectivity index (χ3n) is 3.56. The van der Waals surface area contributed by atoms with E-state index < -0.39 is 30.4 Å². The minimum atomic E-state index is -1.08. The number of anilines is 1. The van der Waals surface area contributed by atoms with Gasteiger partial charge in [0.25, 0.3) is 11.8 Å². The molecule has 2 amide bonds. The van der Waals surface area contributed by atoms with E-state index >= 15 is 0 Å². The molecule has 1 aromatic heterocycles. The molecule has 28 heavy (non-hydrogen) atoms. The summed E-state index contributed by atoms with van der Waals surface area (Å²) in [6, 6.07) is 6.13. The van der Waals surface area contributed by atoms with Crippen LogP contribution in [0.2, 0.25) is 0 Å². The molecular weight excluding hydrogens is 370 g/mol. The summed E-state index contributed by atoms with van der Waals surface area (Å²) < 4.78 is 20.0. The molecule has 0 saturated carbocycles. The minimum Gasteiger partial charge on any atom is -0.497 e. The molecule has 1 aromatic carbocycles. The third kappa shape index (κ3) is 5.73. The summed E-state index contributed by atoms with van der Waals surface area (Å²) in [7, 11) is 2.92. The Labute approximate surface area is 161 Å². The first-order valence-electron chi connectivity index (χ1n) is 8.27. The zero-order chi connectivity index (χ0) is 20.7. The molecule has 0 aliphatic heterocycles. The van der Waals surface area contributed by atoms with Gasteiger partial charge in [-0.05, 0) is 26.0 Å². The molecule has 10 heteroatoms. The molecule has 2 N–H and O–H groups in total. The average molecular weight is 391 g/mol. The van der Waals surface area contributed by atoms with Gasteiger partial charge in [0, 0.05) is 17.7 Å². The van der Waals surface area contributed by atoms with Gasteiger partial charge in [-0.25, -0.2) is 0 Å². The van der Waals surface area contributed by atoms with Crippen molar-refractivity contribution < 1.29 is 33.1 Å². The van der Waals surface area contributed by atoms with E-state index in [0.29, 0.717) is 17.3 Å². The summed E-state index contributed by atoms with van der Waals surface area (Å²) in [6.07, 6.45) is -1.08. The lowest BCUT2D eigenvalue weighted by Crippen LogP contribution is -2.35. The van der Waals surface area contributed by atoms with Gasteiger partial charge in [0.05, 0.1) is 14.2 Å². The van der Waals surface area contributed by atoms with Crippen molar-refractivity contribution in [3.8, 4) is 11.5 Å². The second kappa shape index (κ2) is 9.40. The Bertz CT molecular complexity index is 840. The van der Waals surface area contributed by atoms with E-state index in [9.17, 15) is 14.4 Å². The van der Waals surface area contributed by atoms with Crippen molar-refractivity contribution in [2.75, 3.05) is 26.1 Å². The summed E-state index contributed by atoms with van der Waals surface area (Å²) in [4.78, 5) is 36.1. The van der Waals surface area contributed by atoms with Crippen LogP contribution in [0.4, 0.5) is 5.82 Å². The number of aryl methyl sites for hydroxylation is 1. The van der Waals surface area contributed by atoms with Crippen LogP contribution in [0, 0.1) is 6.92 Å². The highest BCUT2D eigenvalue weighted by atomic mass is 16.5. The molecule has 0 bridgehead atoms. The van der Waals surface area contributed by atoms with Gasteiger partial charge in [0.2, 0.25) is 0 Å². The highest BCUT2D eigenvalue weighted by molar-refractivity contribution is 5.97. The maximum absolute atomic E-state index is 12.2. The molecule has 0 unspecified atom stereocenters. The quantitative estimate of drug-likeness (QED) is 0.644. The van der Waals surface area contributed by atoms with Crippen molar-refractivity contribution >= 4 is 23.6 Å². The molecule has 2 rings (SSSR count). The first kappa shape index (κ1) is 20.7. The first-order valence-corrected chi connectivity index (χ1v) is 8.27. The normalized spacial score (nSPS) is 11.3. The number of aromatic nitrogens is 1. The summed E-state index contributed by atoms with van der Waals surface area (Å²) in [5.41, 5.74) is 0.246. The lowest BCUT2D eigenvalue weighted by atomic mass is 10.2. The number of esters is 1. The highest BCUT2D eigenvalue weighted by Gasteiger charge is 2.20. The van der Waals surface area contributed by atoms with E-state index in [1.54, 1.807) is 13.0 Å². The molecule has 0 radical (unpaired) electrons. The number of carbonyl (C=O) groups excluding carboxylic acids is 3. The third-order valence-corrected chi connectivity index (χ3v) is 3.56. The van der Waals surface area contributed by atoms with E-state index in [0.717, 1.165) is 0 Å². The van der Waals surface area contributed by atoms with Gasteiger partial charge in [-0.3, -0.25) is 14.4 Å². The number of hydrogen-bond acceptors (Lipinski definition) is 8. The van der Waals surface area contributed by atoms with Crippen LogP contribution in [0.3, 0.4) is 0 Å². The van der Waals surface area contributed by atoms with Crippen molar-refractivity contribution in [3.63, 3.8) is 0 Å². The van der Waals surface area contributed by atoms with Gasteiger partial charge >= 0.3 is 5.97 Å². The predicted octanol–water partition coefficient (Wildman–Crippen LogP) is 1.30. The van der Waals surface area contributed by atoms with Crippen LogP contribution >= 0.6 is 0 Å². The van der Waals surface area contributed by atoms with Crippen LogP contribution in [0.15, 0.2) is 28.8 Å². The number of ether oxygens (including phenoxy) is 3. The molecule has 0 aliphatic rings. The van der Waals surface area contributed by atoms with Crippen molar-refractivity contribution in [2.45, 2.75) is 20.0 Å². The standard InChI is InChI=1S/C18H21N3O7/c1-10-5-15(21-28-10)20-17(23)11(2)27-16(22)9-19-18(24)12-6-13(25-3)8-14(7-12)26-4/h5-8,11H,9H2,1-4H3,(H,19,24)(H,20,21,23)/t11-/m1/s1. The van der Waals surface area contributed by atoms with Gasteiger partial charge in [-0.2, -0.15) is 0 Å². The topological polar surface area (TPSA) is 129 Å². The SMILES string of the molecule is COc1cc(OC)cc(C(=O)NCC(=O)O[C@H](C)C(=O)Nc2cc(C)on2)c1. The van der Waals surface area contributed by atoms with Crippen LogP contribution < -0.4 is 20.1 Å². The van der Waals surface area contributed by atoms with E-state index in [1.807, 2.05) is 0 Å². The van der Waals surface area contributed by atoms with Gasteiger partial charge < -0.3 is 29.4 Å². The summed E-state index contributed by atoms with van der Waals surface area (Å²) in [5.74, 6) is -0.277. The summed E-state index contributed by atoms with van der Waals surface area (Å²) in [5, 5.41) is 8.48. The second-order valence-corrected chi connectivity index (χ2v) is 5.73. The Hall–Kier alpha value is -3.56. The van der Waals surface area contributed by atoms with Gasteiger partial charge in [-0.15, -0.1) is 0 Å². The number of nitrogens with one attached hydrogen (secondary N) is 2. The largest absolute Gasteiger partial charge is 0.497 e. The van der Waals surface area contributed by atoms with E-state index in [1.165, 1.54) is 39.3 Å². The monoisotopic (exact) mass is 391 g/mol. The highest BCUT2D eigenvalue weighted by Crippen LogP contribution is 2.22. The van der Waals surface area contributed by atoms with Gasteiger partial charge in [0.15, 0.2) is 11.9 Å². The number of hydrogen-bond donors (Lipinski definition) is 2.